The minimum atomic E-state index is -0.254. The molecule has 0 amide bonds. The molecule has 0 saturated heterocycles. The van der Waals surface area contributed by atoms with Gasteiger partial charge in [0.05, 0.1) is 17.7 Å². The van der Waals surface area contributed by atoms with Crippen molar-refractivity contribution >= 4 is 33.1 Å². The minimum absolute atomic E-state index is 0.254. The normalized spacial score (nSPS) is 10.9. The second-order valence-corrected chi connectivity index (χ2v) is 7.20. The third kappa shape index (κ3) is 3.36. The number of hydrogen-bond donors (Lipinski definition) is 1. The SMILES string of the molecule is CCOc1ccccc1Nc1ncnc2sc(C)c(-c3ccc(F)cc3)c12. The summed E-state index contributed by atoms with van der Waals surface area (Å²) in [7, 11) is 0. The molecule has 2 aromatic heterocycles. The number of para-hydroxylation sites is 2. The minimum Gasteiger partial charge on any atom is -0.492 e. The van der Waals surface area contributed by atoms with Gasteiger partial charge in [0.1, 0.15) is 28.5 Å². The summed E-state index contributed by atoms with van der Waals surface area (Å²) < 4.78 is 19.1. The summed E-state index contributed by atoms with van der Waals surface area (Å²) in [5.41, 5.74) is 2.80. The van der Waals surface area contributed by atoms with E-state index in [2.05, 4.69) is 15.3 Å². The lowest BCUT2D eigenvalue weighted by molar-refractivity contribution is 0.342. The van der Waals surface area contributed by atoms with Gasteiger partial charge in [0.25, 0.3) is 0 Å². The number of rotatable bonds is 5. The van der Waals surface area contributed by atoms with Crippen LogP contribution in [-0.2, 0) is 0 Å². The topological polar surface area (TPSA) is 47.0 Å². The van der Waals surface area contributed by atoms with Crippen LogP contribution >= 0.6 is 11.3 Å². The fraction of sp³-hybridized carbons (Fsp3) is 0.143. The molecule has 4 aromatic rings. The highest BCUT2D eigenvalue weighted by molar-refractivity contribution is 7.19. The number of aromatic nitrogens is 2. The van der Waals surface area contributed by atoms with Gasteiger partial charge in [-0.05, 0) is 43.7 Å². The lowest BCUT2D eigenvalue weighted by atomic mass is 10.0. The van der Waals surface area contributed by atoms with Gasteiger partial charge in [-0.25, -0.2) is 14.4 Å². The second-order valence-electron chi connectivity index (χ2n) is 6.00. The summed E-state index contributed by atoms with van der Waals surface area (Å²) in [6, 6.07) is 14.3. The Balaban J connectivity index is 1.86. The molecule has 0 spiro atoms. The molecule has 0 radical (unpaired) electrons. The molecule has 0 fully saturated rings. The van der Waals surface area contributed by atoms with Gasteiger partial charge in [-0.2, -0.15) is 0 Å². The predicted molar refractivity (Wildman–Crippen MR) is 108 cm³/mol. The summed E-state index contributed by atoms with van der Waals surface area (Å²) in [6.45, 7) is 4.58. The Labute approximate surface area is 160 Å². The molecule has 0 aliphatic heterocycles. The Kier molecular flexibility index (Phi) is 4.73. The van der Waals surface area contributed by atoms with Gasteiger partial charge in [0.15, 0.2) is 0 Å². The van der Waals surface area contributed by atoms with Crippen molar-refractivity contribution in [3.05, 3.63) is 65.6 Å². The summed E-state index contributed by atoms with van der Waals surface area (Å²) in [6.07, 6.45) is 1.55. The number of thiophene rings is 1. The summed E-state index contributed by atoms with van der Waals surface area (Å²) in [4.78, 5) is 10.9. The highest BCUT2D eigenvalue weighted by atomic mass is 32.1. The number of aryl methyl sites for hydroxylation is 1. The molecular formula is C21H18FN3OS. The molecule has 0 unspecified atom stereocenters. The van der Waals surface area contributed by atoms with Crippen LogP contribution in [0.5, 0.6) is 5.75 Å². The molecule has 2 heterocycles. The Bertz CT molecular complexity index is 1090. The average Bonchev–Trinajstić information content (AvgIpc) is 3.01. The van der Waals surface area contributed by atoms with Crippen LogP contribution in [0.15, 0.2) is 54.9 Å². The van der Waals surface area contributed by atoms with Crippen LogP contribution in [0.2, 0.25) is 0 Å². The van der Waals surface area contributed by atoms with Crippen LogP contribution in [-0.4, -0.2) is 16.6 Å². The molecule has 2 aromatic carbocycles. The first-order valence-corrected chi connectivity index (χ1v) is 9.48. The van der Waals surface area contributed by atoms with E-state index in [-0.39, 0.29) is 5.82 Å². The molecule has 4 rings (SSSR count). The van der Waals surface area contributed by atoms with E-state index in [0.29, 0.717) is 12.4 Å². The molecule has 0 atom stereocenters. The average molecular weight is 379 g/mol. The summed E-state index contributed by atoms with van der Waals surface area (Å²) in [5.74, 6) is 1.22. The van der Waals surface area contributed by atoms with E-state index >= 15 is 0 Å². The highest BCUT2D eigenvalue weighted by Crippen LogP contribution is 2.41. The molecule has 6 heteroatoms. The Morgan fingerprint density at radius 3 is 2.63 bits per heavy atom. The molecule has 1 N–H and O–H groups in total. The number of nitrogens with zero attached hydrogens (tertiary/aromatic N) is 2. The van der Waals surface area contributed by atoms with Crippen LogP contribution in [0.25, 0.3) is 21.3 Å². The zero-order valence-corrected chi connectivity index (χ0v) is 15.8. The van der Waals surface area contributed by atoms with E-state index in [1.54, 1.807) is 29.8 Å². The van der Waals surface area contributed by atoms with Crippen molar-refractivity contribution < 1.29 is 9.13 Å². The van der Waals surface area contributed by atoms with Gasteiger partial charge in [-0.3, -0.25) is 0 Å². The number of fused-ring (bicyclic) bond motifs is 1. The van der Waals surface area contributed by atoms with Crippen molar-refractivity contribution in [1.29, 1.82) is 0 Å². The lowest BCUT2D eigenvalue weighted by Gasteiger charge is -2.13. The number of benzene rings is 2. The maximum Gasteiger partial charge on any atom is 0.143 e. The first-order valence-electron chi connectivity index (χ1n) is 8.66. The summed E-state index contributed by atoms with van der Waals surface area (Å²) >= 11 is 1.60. The number of halogens is 1. The number of anilines is 2. The second kappa shape index (κ2) is 7.32. The van der Waals surface area contributed by atoms with Crippen molar-refractivity contribution in [2.75, 3.05) is 11.9 Å². The standard InChI is InChI=1S/C21H18FN3OS/c1-3-26-17-7-5-4-6-16(17)25-20-19-18(14-8-10-15(22)11-9-14)13(2)27-21(19)24-12-23-20/h4-12H,3H2,1-2H3,(H,23,24,25). The smallest absolute Gasteiger partial charge is 0.143 e. The molecule has 0 bridgehead atoms. The first-order chi connectivity index (χ1) is 13.2. The predicted octanol–water partition coefficient (Wildman–Crippen LogP) is 5.95. The molecule has 136 valence electrons. The summed E-state index contributed by atoms with van der Waals surface area (Å²) in [5, 5.41) is 4.32. The van der Waals surface area contributed by atoms with Crippen molar-refractivity contribution in [3.63, 3.8) is 0 Å². The van der Waals surface area contributed by atoms with Gasteiger partial charge >= 0.3 is 0 Å². The van der Waals surface area contributed by atoms with E-state index in [1.165, 1.54) is 12.1 Å². The zero-order chi connectivity index (χ0) is 18.8. The largest absolute Gasteiger partial charge is 0.492 e. The molecule has 0 aliphatic carbocycles. The van der Waals surface area contributed by atoms with E-state index < -0.39 is 0 Å². The van der Waals surface area contributed by atoms with Gasteiger partial charge in [-0.1, -0.05) is 24.3 Å². The van der Waals surface area contributed by atoms with Crippen molar-refractivity contribution in [2.45, 2.75) is 13.8 Å². The molecule has 4 nitrogen and oxygen atoms in total. The number of hydrogen-bond acceptors (Lipinski definition) is 5. The Morgan fingerprint density at radius 1 is 1.07 bits per heavy atom. The third-order valence-electron chi connectivity index (χ3n) is 4.24. The first kappa shape index (κ1) is 17.4. The molecule has 0 aliphatic rings. The van der Waals surface area contributed by atoms with Crippen molar-refractivity contribution in [1.82, 2.24) is 9.97 Å². The van der Waals surface area contributed by atoms with Gasteiger partial charge in [0, 0.05) is 10.4 Å². The molecule has 27 heavy (non-hydrogen) atoms. The molecular weight excluding hydrogens is 361 g/mol. The van der Waals surface area contributed by atoms with Crippen molar-refractivity contribution in [2.24, 2.45) is 0 Å². The van der Waals surface area contributed by atoms with E-state index in [1.807, 2.05) is 38.1 Å². The maximum absolute atomic E-state index is 13.4. The van der Waals surface area contributed by atoms with Crippen LogP contribution < -0.4 is 10.1 Å². The number of ether oxygens (including phenoxy) is 1. The van der Waals surface area contributed by atoms with E-state index in [4.69, 9.17) is 4.74 Å². The fourth-order valence-corrected chi connectivity index (χ4v) is 4.09. The van der Waals surface area contributed by atoms with Crippen LogP contribution in [0, 0.1) is 12.7 Å². The maximum atomic E-state index is 13.4. The van der Waals surface area contributed by atoms with Gasteiger partial charge in [-0.15, -0.1) is 11.3 Å². The third-order valence-corrected chi connectivity index (χ3v) is 5.25. The van der Waals surface area contributed by atoms with Gasteiger partial charge in [0.2, 0.25) is 0 Å². The fourth-order valence-electron chi connectivity index (χ4n) is 3.08. The Morgan fingerprint density at radius 2 is 1.85 bits per heavy atom. The van der Waals surface area contributed by atoms with Crippen LogP contribution in [0.4, 0.5) is 15.9 Å². The van der Waals surface area contributed by atoms with Crippen LogP contribution in [0.3, 0.4) is 0 Å². The highest BCUT2D eigenvalue weighted by Gasteiger charge is 2.17. The van der Waals surface area contributed by atoms with Crippen molar-refractivity contribution in [3.8, 4) is 16.9 Å². The monoisotopic (exact) mass is 379 g/mol. The van der Waals surface area contributed by atoms with E-state index in [9.17, 15) is 4.39 Å². The van der Waals surface area contributed by atoms with E-state index in [0.717, 1.165) is 37.7 Å². The zero-order valence-electron chi connectivity index (χ0n) is 15.0. The van der Waals surface area contributed by atoms with Gasteiger partial charge < -0.3 is 10.1 Å². The Hall–Kier alpha value is -2.99. The lowest BCUT2D eigenvalue weighted by Crippen LogP contribution is -2.00. The number of nitrogens with one attached hydrogen (secondary N) is 1. The molecule has 0 saturated carbocycles. The quantitative estimate of drug-likeness (QED) is 0.465. The van der Waals surface area contributed by atoms with Crippen LogP contribution in [0.1, 0.15) is 11.8 Å².